The van der Waals surface area contributed by atoms with Gasteiger partial charge < -0.3 is 10.8 Å². The van der Waals surface area contributed by atoms with Crippen LogP contribution >= 0.6 is 0 Å². The smallest absolute Gasteiger partial charge is 0.320 e. The van der Waals surface area contributed by atoms with Gasteiger partial charge in [0.15, 0.2) is 0 Å². The average Bonchev–Trinajstić information content (AvgIpc) is 2.15. The number of hydrogen-bond donors (Lipinski definition) is 2. The minimum atomic E-state index is -0.955. The molecule has 0 aliphatic rings. The van der Waals surface area contributed by atoms with Crippen molar-refractivity contribution in [1.29, 1.82) is 0 Å². The standard InChI is InChI=1S/C9H12N2O2/c10-8(9(12)13)4-3-7-2-1-5-11-6-7/h1-2,5-6,8H,3-4,10H2,(H,12,13). The monoisotopic (exact) mass is 180 g/mol. The van der Waals surface area contributed by atoms with Crippen LogP contribution in [0.2, 0.25) is 0 Å². The van der Waals surface area contributed by atoms with E-state index in [-0.39, 0.29) is 0 Å². The number of aromatic nitrogens is 1. The highest BCUT2D eigenvalue weighted by molar-refractivity contribution is 5.73. The van der Waals surface area contributed by atoms with Gasteiger partial charge in [0.05, 0.1) is 0 Å². The van der Waals surface area contributed by atoms with Gasteiger partial charge in [0.1, 0.15) is 6.04 Å². The highest BCUT2D eigenvalue weighted by Crippen LogP contribution is 2.02. The van der Waals surface area contributed by atoms with Gasteiger partial charge in [0, 0.05) is 12.4 Å². The maximum atomic E-state index is 10.4. The first-order chi connectivity index (χ1) is 6.20. The van der Waals surface area contributed by atoms with E-state index in [4.69, 9.17) is 10.8 Å². The van der Waals surface area contributed by atoms with Gasteiger partial charge in [0.2, 0.25) is 0 Å². The van der Waals surface area contributed by atoms with Crippen molar-refractivity contribution in [2.75, 3.05) is 0 Å². The van der Waals surface area contributed by atoms with E-state index in [1.54, 1.807) is 12.4 Å². The molecule has 0 amide bonds. The number of pyridine rings is 1. The van der Waals surface area contributed by atoms with Crippen LogP contribution in [-0.4, -0.2) is 22.1 Å². The summed E-state index contributed by atoms with van der Waals surface area (Å²) in [5.74, 6) is -0.955. The first kappa shape index (κ1) is 9.67. The number of aryl methyl sites for hydroxylation is 1. The van der Waals surface area contributed by atoms with Crippen molar-refractivity contribution in [3.8, 4) is 0 Å². The second-order valence-corrected chi connectivity index (χ2v) is 2.84. The average molecular weight is 180 g/mol. The zero-order valence-corrected chi connectivity index (χ0v) is 7.18. The van der Waals surface area contributed by atoms with E-state index in [0.29, 0.717) is 12.8 Å². The normalized spacial score (nSPS) is 12.4. The van der Waals surface area contributed by atoms with Crippen LogP contribution in [0.25, 0.3) is 0 Å². The van der Waals surface area contributed by atoms with E-state index < -0.39 is 12.0 Å². The number of aliphatic carboxylic acids is 1. The molecule has 1 unspecified atom stereocenters. The van der Waals surface area contributed by atoms with Crippen molar-refractivity contribution in [2.24, 2.45) is 5.73 Å². The summed E-state index contributed by atoms with van der Waals surface area (Å²) in [5, 5.41) is 8.52. The van der Waals surface area contributed by atoms with E-state index in [1.165, 1.54) is 0 Å². The molecular formula is C9H12N2O2. The van der Waals surface area contributed by atoms with Crippen LogP contribution in [0, 0.1) is 0 Å². The number of hydrogen-bond acceptors (Lipinski definition) is 3. The molecule has 1 rings (SSSR count). The number of carboxylic acids is 1. The lowest BCUT2D eigenvalue weighted by Gasteiger charge is -2.04. The SMILES string of the molecule is NC(CCc1cccnc1)C(=O)O. The molecule has 0 aliphatic carbocycles. The lowest BCUT2D eigenvalue weighted by molar-refractivity contribution is -0.138. The Hall–Kier alpha value is -1.42. The van der Waals surface area contributed by atoms with E-state index in [2.05, 4.69) is 4.98 Å². The number of nitrogens with zero attached hydrogens (tertiary/aromatic N) is 1. The first-order valence-corrected chi connectivity index (χ1v) is 4.07. The molecule has 0 aliphatic heterocycles. The van der Waals surface area contributed by atoms with Crippen LogP contribution in [0.3, 0.4) is 0 Å². The summed E-state index contributed by atoms with van der Waals surface area (Å²) < 4.78 is 0. The second kappa shape index (κ2) is 4.57. The number of carbonyl (C=O) groups is 1. The molecule has 13 heavy (non-hydrogen) atoms. The Bertz CT molecular complexity index is 274. The molecule has 1 atom stereocenters. The Balaban J connectivity index is 2.39. The second-order valence-electron chi connectivity index (χ2n) is 2.84. The molecule has 3 N–H and O–H groups in total. The molecule has 1 aromatic heterocycles. The number of rotatable bonds is 4. The van der Waals surface area contributed by atoms with Crippen LogP contribution < -0.4 is 5.73 Å². The fourth-order valence-corrected chi connectivity index (χ4v) is 0.992. The molecule has 0 saturated carbocycles. The largest absolute Gasteiger partial charge is 0.480 e. The van der Waals surface area contributed by atoms with Crippen LogP contribution in [0.15, 0.2) is 24.5 Å². The van der Waals surface area contributed by atoms with Gasteiger partial charge in [-0.2, -0.15) is 0 Å². The van der Waals surface area contributed by atoms with Crippen molar-refractivity contribution in [3.05, 3.63) is 30.1 Å². The Morgan fingerprint density at radius 2 is 2.46 bits per heavy atom. The molecule has 0 fully saturated rings. The predicted molar refractivity (Wildman–Crippen MR) is 48.2 cm³/mol. The Labute approximate surface area is 76.4 Å². The predicted octanol–water partition coefficient (Wildman–Crippen LogP) is 0.426. The summed E-state index contributed by atoms with van der Waals surface area (Å²) in [6.07, 6.45) is 4.50. The molecule has 0 saturated heterocycles. The van der Waals surface area contributed by atoms with Crippen LogP contribution in [-0.2, 0) is 11.2 Å². The highest BCUT2D eigenvalue weighted by atomic mass is 16.4. The van der Waals surface area contributed by atoms with Crippen molar-refractivity contribution >= 4 is 5.97 Å². The molecule has 70 valence electrons. The van der Waals surface area contributed by atoms with Crippen molar-refractivity contribution in [1.82, 2.24) is 4.98 Å². The van der Waals surface area contributed by atoms with Gasteiger partial charge in [-0.05, 0) is 24.5 Å². The Morgan fingerprint density at radius 1 is 1.69 bits per heavy atom. The fraction of sp³-hybridized carbons (Fsp3) is 0.333. The first-order valence-electron chi connectivity index (χ1n) is 4.07. The summed E-state index contributed by atoms with van der Waals surface area (Å²) in [6, 6.07) is 2.95. The van der Waals surface area contributed by atoms with Crippen molar-refractivity contribution < 1.29 is 9.90 Å². The third kappa shape index (κ3) is 3.21. The summed E-state index contributed by atoms with van der Waals surface area (Å²) in [7, 11) is 0. The van der Waals surface area contributed by atoms with E-state index in [9.17, 15) is 4.79 Å². The molecular weight excluding hydrogens is 168 g/mol. The lowest BCUT2D eigenvalue weighted by atomic mass is 10.1. The molecule has 0 bridgehead atoms. The maximum absolute atomic E-state index is 10.4. The van der Waals surface area contributed by atoms with Crippen molar-refractivity contribution in [2.45, 2.75) is 18.9 Å². The van der Waals surface area contributed by atoms with E-state index >= 15 is 0 Å². The molecule has 1 heterocycles. The summed E-state index contributed by atoms with van der Waals surface area (Å²) in [5.41, 5.74) is 6.36. The Morgan fingerprint density at radius 3 is 3.00 bits per heavy atom. The van der Waals surface area contributed by atoms with Crippen LogP contribution in [0.1, 0.15) is 12.0 Å². The van der Waals surface area contributed by atoms with Crippen LogP contribution in [0.5, 0.6) is 0 Å². The van der Waals surface area contributed by atoms with Gasteiger partial charge in [-0.3, -0.25) is 9.78 Å². The number of nitrogens with two attached hydrogens (primary N) is 1. The molecule has 0 radical (unpaired) electrons. The molecule has 4 nitrogen and oxygen atoms in total. The lowest BCUT2D eigenvalue weighted by Crippen LogP contribution is -2.30. The highest BCUT2D eigenvalue weighted by Gasteiger charge is 2.10. The summed E-state index contributed by atoms with van der Waals surface area (Å²) in [6.45, 7) is 0. The summed E-state index contributed by atoms with van der Waals surface area (Å²) in [4.78, 5) is 14.3. The molecule has 0 spiro atoms. The van der Waals surface area contributed by atoms with Crippen molar-refractivity contribution in [3.63, 3.8) is 0 Å². The van der Waals surface area contributed by atoms with E-state index in [1.807, 2.05) is 12.1 Å². The zero-order valence-electron chi connectivity index (χ0n) is 7.18. The maximum Gasteiger partial charge on any atom is 0.320 e. The quantitative estimate of drug-likeness (QED) is 0.704. The number of carboxylic acid groups (broad SMARTS) is 1. The van der Waals surface area contributed by atoms with Gasteiger partial charge in [-0.15, -0.1) is 0 Å². The molecule has 1 aromatic rings. The summed E-state index contributed by atoms with van der Waals surface area (Å²) >= 11 is 0. The zero-order chi connectivity index (χ0) is 9.68. The molecule has 4 heteroatoms. The van der Waals surface area contributed by atoms with Gasteiger partial charge >= 0.3 is 5.97 Å². The minimum absolute atomic E-state index is 0.445. The van der Waals surface area contributed by atoms with Gasteiger partial charge in [-0.1, -0.05) is 6.07 Å². The topological polar surface area (TPSA) is 76.2 Å². The molecule has 0 aromatic carbocycles. The van der Waals surface area contributed by atoms with Crippen LogP contribution in [0.4, 0.5) is 0 Å². The Kier molecular flexibility index (Phi) is 3.40. The van der Waals surface area contributed by atoms with Gasteiger partial charge in [0.25, 0.3) is 0 Å². The minimum Gasteiger partial charge on any atom is -0.480 e. The van der Waals surface area contributed by atoms with E-state index in [0.717, 1.165) is 5.56 Å². The van der Waals surface area contributed by atoms with Gasteiger partial charge in [-0.25, -0.2) is 0 Å². The fourth-order valence-electron chi connectivity index (χ4n) is 0.992. The third-order valence-electron chi connectivity index (χ3n) is 1.78. The third-order valence-corrected chi connectivity index (χ3v) is 1.78.